The van der Waals surface area contributed by atoms with Gasteiger partial charge in [0.05, 0.1) is 16.7 Å². The fourth-order valence-electron chi connectivity index (χ4n) is 7.44. The van der Waals surface area contributed by atoms with Gasteiger partial charge in [-0.25, -0.2) is 4.99 Å². The van der Waals surface area contributed by atoms with E-state index in [4.69, 9.17) is 4.99 Å². The second-order valence-corrected chi connectivity index (χ2v) is 14.8. The largest absolute Gasteiger partial charge is 0.350 e. The average molecular weight is 704 g/mol. The molecule has 5 rings (SSSR count). The zero-order chi connectivity index (χ0) is 37.0. The Morgan fingerprint density at radius 2 is 1.78 bits per heavy atom. The third-order valence-corrected chi connectivity index (χ3v) is 11.4. The maximum Gasteiger partial charge on any atom is 0.160 e. The molecule has 1 aromatic heterocycles. The number of carbonyl (C=O) groups is 1. The number of aldehydes is 1. The molecule has 7 heteroatoms. The number of aromatic nitrogens is 2. The van der Waals surface area contributed by atoms with Crippen LogP contribution in [-0.2, 0) is 17.1 Å². The van der Waals surface area contributed by atoms with Crippen molar-refractivity contribution >= 4 is 46.2 Å². The summed E-state index contributed by atoms with van der Waals surface area (Å²) in [5, 5.41) is 0.833. The van der Waals surface area contributed by atoms with E-state index >= 15 is 0 Å². The van der Waals surface area contributed by atoms with Gasteiger partial charge < -0.3 is 9.69 Å². The molecule has 2 fully saturated rings. The fourth-order valence-corrected chi connectivity index (χ4v) is 8.41. The molecule has 51 heavy (non-hydrogen) atoms. The Bertz CT molecular complexity index is 1810. The summed E-state index contributed by atoms with van der Waals surface area (Å²) in [6.07, 6.45) is 19.3. The van der Waals surface area contributed by atoms with Crippen LogP contribution >= 0.6 is 11.8 Å². The zero-order valence-electron chi connectivity index (χ0n) is 31.9. The molecule has 2 aliphatic carbocycles. The molecule has 0 saturated heterocycles. The number of benzene rings is 2. The van der Waals surface area contributed by atoms with Crippen LogP contribution in [0.2, 0.25) is 0 Å². The van der Waals surface area contributed by atoms with E-state index in [0.29, 0.717) is 18.2 Å². The van der Waals surface area contributed by atoms with E-state index in [1.54, 1.807) is 36.4 Å². The number of amidine groups is 1. The van der Waals surface area contributed by atoms with Crippen molar-refractivity contribution in [2.75, 3.05) is 7.05 Å². The van der Waals surface area contributed by atoms with Crippen LogP contribution in [0.1, 0.15) is 96.3 Å². The molecule has 0 aliphatic heterocycles. The molecule has 2 aliphatic rings. The maximum absolute atomic E-state index is 13.9. The number of nitrogens with zero attached hydrogens (tertiary/aromatic N) is 5. The summed E-state index contributed by atoms with van der Waals surface area (Å²) in [5.41, 5.74) is 7.95. The molecular formula is C44H57N5OS. The number of hydrogen-bond donors (Lipinski definition) is 0. The highest BCUT2D eigenvalue weighted by molar-refractivity contribution is 8.13. The zero-order valence-corrected chi connectivity index (χ0v) is 32.7. The Morgan fingerprint density at radius 3 is 2.45 bits per heavy atom. The minimum absolute atomic E-state index is 0.295. The normalized spacial score (nSPS) is 23.2. The maximum atomic E-state index is 13.9. The lowest BCUT2D eigenvalue weighted by Crippen LogP contribution is -2.48. The Labute approximate surface area is 311 Å². The van der Waals surface area contributed by atoms with Crippen LogP contribution in [0.4, 0.5) is 5.69 Å². The van der Waals surface area contributed by atoms with Crippen molar-refractivity contribution in [3.8, 4) is 0 Å². The minimum Gasteiger partial charge on any atom is -0.350 e. The molecule has 0 radical (unpaired) electrons. The summed E-state index contributed by atoms with van der Waals surface area (Å²) in [7, 11) is 2.08. The first-order valence-corrected chi connectivity index (χ1v) is 19.6. The van der Waals surface area contributed by atoms with E-state index in [2.05, 4.69) is 110 Å². The number of hydrogen-bond acceptors (Lipinski definition) is 6. The molecule has 0 N–H and O–H groups in total. The van der Waals surface area contributed by atoms with Gasteiger partial charge in [-0.1, -0.05) is 114 Å². The first-order valence-electron chi connectivity index (χ1n) is 18.6. The molecule has 0 amide bonds. The molecule has 1 unspecified atom stereocenters. The SMILES string of the molecule is C=CC=Nc1cc(CSC(=NC2(C=O)/C(=C/C(=C\C)CCC)C(=C)CC23CCC(C)CC3)N(C)Cc2ccc3nccnc3c2)ccc1C.CC. The van der Waals surface area contributed by atoms with Gasteiger partial charge in [-0.15, -0.1) is 0 Å². The lowest BCUT2D eigenvalue weighted by atomic mass is 9.61. The summed E-state index contributed by atoms with van der Waals surface area (Å²) in [5.74, 6) is 1.32. The number of carbonyl (C=O) groups excluding carboxylic acids is 1. The van der Waals surface area contributed by atoms with Crippen LogP contribution in [0, 0.1) is 18.3 Å². The third-order valence-electron chi connectivity index (χ3n) is 10.3. The van der Waals surface area contributed by atoms with Crippen molar-refractivity contribution in [3.05, 3.63) is 114 Å². The van der Waals surface area contributed by atoms with Gasteiger partial charge in [0.1, 0.15) is 5.54 Å². The minimum atomic E-state index is -1.02. The van der Waals surface area contributed by atoms with Crippen LogP contribution in [0.5, 0.6) is 0 Å². The second-order valence-electron chi connectivity index (χ2n) is 13.9. The Balaban J connectivity index is 0.00000286. The molecule has 2 saturated carbocycles. The van der Waals surface area contributed by atoms with Gasteiger partial charge in [0.15, 0.2) is 11.5 Å². The van der Waals surface area contributed by atoms with Crippen molar-refractivity contribution < 1.29 is 4.79 Å². The number of aliphatic imine (C=N–C) groups is 2. The summed E-state index contributed by atoms with van der Waals surface area (Å²) in [4.78, 5) is 35.4. The van der Waals surface area contributed by atoms with E-state index in [1.807, 2.05) is 19.9 Å². The van der Waals surface area contributed by atoms with E-state index in [9.17, 15) is 4.79 Å². The van der Waals surface area contributed by atoms with Gasteiger partial charge >= 0.3 is 0 Å². The highest BCUT2D eigenvalue weighted by Gasteiger charge is 2.60. The summed E-state index contributed by atoms with van der Waals surface area (Å²) >= 11 is 1.68. The monoisotopic (exact) mass is 703 g/mol. The number of rotatable bonds is 11. The van der Waals surface area contributed by atoms with Crippen LogP contribution in [0.3, 0.4) is 0 Å². The average Bonchev–Trinajstić information content (AvgIpc) is 3.36. The van der Waals surface area contributed by atoms with Crippen LogP contribution in [0.25, 0.3) is 11.0 Å². The van der Waals surface area contributed by atoms with Gasteiger partial charge in [-0.05, 0) is 91.5 Å². The van der Waals surface area contributed by atoms with Crippen molar-refractivity contribution in [2.24, 2.45) is 21.3 Å². The predicted molar refractivity (Wildman–Crippen MR) is 220 cm³/mol. The van der Waals surface area contributed by atoms with E-state index < -0.39 is 5.54 Å². The molecule has 1 atom stereocenters. The first-order chi connectivity index (χ1) is 24.7. The van der Waals surface area contributed by atoms with Crippen LogP contribution < -0.4 is 0 Å². The molecule has 1 spiro atoms. The number of fused-ring (bicyclic) bond motifs is 1. The summed E-state index contributed by atoms with van der Waals surface area (Å²) < 4.78 is 0. The summed E-state index contributed by atoms with van der Waals surface area (Å²) in [6.45, 7) is 21.7. The molecular weight excluding hydrogens is 647 g/mol. The van der Waals surface area contributed by atoms with Crippen molar-refractivity contribution in [3.63, 3.8) is 0 Å². The molecule has 270 valence electrons. The smallest absolute Gasteiger partial charge is 0.160 e. The van der Waals surface area contributed by atoms with Gasteiger partial charge in [-0.2, -0.15) is 0 Å². The predicted octanol–water partition coefficient (Wildman–Crippen LogP) is 11.3. The molecule has 0 bridgehead atoms. The Kier molecular flexibility index (Phi) is 14.3. The number of aryl methyl sites for hydroxylation is 1. The van der Waals surface area contributed by atoms with Gasteiger partial charge in [0.2, 0.25) is 0 Å². The van der Waals surface area contributed by atoms with Gasteiger partial charge in [0.25, 0.3) is 0 Å². The fraction of sp³-hybridized carbons (Fsp3) is 0.432. The topological polar surface area (TPSA) is 70.8 Å². The van der Waals surface area contributed by atoms with Gasteiger partial charge in [0, 0.05) is 43.4 Å². The highest BCUT2D eigenvalue weighted by Crippen LogP contribution is 2.61. The van der Waals surface area contributed by atoms with E-state index in [-0.39, 0.29) is 5.41 Å². The molecule has 2 aromatic carbocycles. The number of allylic oxidation sites excluding steroid dienone is 4. The third kappa shape index (κ3) is 9.04. The van der Waals surface area contributed by atoms with Crippen molar-refractivity contribution in [1.82, 2.24) is 14.9 Å². The quantitative estimate of drug-likeness (QED) is 0.113. The Morgan fingerprint density at radius 1 is 1.08 bits per heavy atom. The number of thioether (sulfide) groups is 1. The molecule has 3 aromatic rings. The second kappa shape index (κ2) is 18.4. The van der Waals surface area contributed by atoms with Crippen LogP contribution in [-0.4, -0.2) is 45.1 Å². The lowest BCUT2D eigenvalue weighted by molar-refractivity contribution is -0.115. The summed E-state index contributed by atoms with van der Waals surface area (Å²) in [6, 6.07) is 12.6. The van der Waals surface area contributed by atoms with E-state index in [0.717, 1.165) is 94.7 Å². The lowest BCUT2D eigenvalue weighted by Gasteiger charge is -2.45. The Hall–Kier alpha value is -4.10. The first kappa shape index (κ1) is 39.7. The molecule has 1 heterocycles. The highest BCUT2D eigenvalue weighted by atomic mass is 32.2. The molecule has 6 nitrogen and oxygen atoms in total. The van der Waals surface area contributed by atoms with Crippen molar-refractivity contribution in [2.45, 2.75) is 104 Å². The van der Waals surface area contributed by atoms with Crippen LogP contribution in [0.15, 0.2) is 107 Å². The van der Waals surface area contributed by atoms with Crippen molar-refractivity contribution in [1.29, 1.82) is 0 Å². The van der Waals surface area contributed by atoms with Gasteiger partial charge in [-0.3, -0.25) is 15.0 Å². The van der Waals surface area contributed by atoms with E-state index in [1.165, 1.54) is 11.9 Å². The standard InChI is InChI=1S/C42H51N5OS.C2H6/c1-8-11-33(10-3)23-36-32(6)26-41(18-16-30(4)17-19-41)42(36,29-48)46-40(49-28-35-13-12-31(5)38(25-35)43-20-9-2)47(7)27-34-14-15-37-39(24-34)45-22-21-44-37;1-2/h9-10,12-15,20-25,29-30H,2,6,8,11,16-19,26-28H2,1,3-5,7H3;1-2H3/b33-10-,36-23+,43-20?,46-40?;.